The predicted molar refractivity (Wildman–Crippen MR) is 99.6 cm³/mol. The first-order valence-electron chi connectivity index (χ1n) is 9.42. The van der Waals surface area contributed by atoms with Gasteiger partial charge in [-0.05, 0) is 32.6 Å². The van der Waals surface area contributed by atoms with Crippen LogP contribution in [0.15, 0.2) is 36.5 Å². The summed E-state index contributed by atoms with van der Waals surface area (Å²) >= 11 is 0. The monoisotopic (exact) mass is 351 g/mol. The minimum absolute atomic E-state index is 0.000119. The van der Waals surface area contributed by atoms with Gasteiger partial charge in [-0.1, -0.05) is 37.3 Å². The maximum atomic E-state index is 13.5. The molecule has 1 aromatic heterocycles. The van der Waals surface area contributed by atoms with Gasteiger partial charge in [0.15, 0.2) is 0 Å². The van der Waals surface area contributed by atoms with Crippen LogP contribution in [0.25, 0.3) is 11.3 Å². The summed E-state index contributed by atoms with van der Waals surface area (Å²) in [6.45, 7) is 4.10. The van der Waals surface area contributed by atoms with Gasteiger partial charge in [-0.15, -0.1) is 0 Å². The molecule has 4 rings (SSSR count). The Morgan fingerprint density at radius 2 is 2.08 bits per heavy atom. The highest BCUT2D eigenvalue weighted by atomic mass is 16.3. The van der Waals surface area contributed by atoms with Crippen molar-refractivity contribution in [3.05, 3.63) is 47.9 Å². The molecule has 2 saturated heterocycles. The average molecular weight is 351 g/mol. The average Bonchev–Trinajstić information content (AvgIpc) is 3.24. The van der Waals surface area contributed by atoms with Crippen LogP contribution >= 0.6 is 0 Å². The molecule has 2 aliphatic rings. The Morgan fingerprint density at radius 3 is 2.73 bits per heavy atom. The number of carbonyl (C=O) groups is 1. The van der Waals surface area contributed by atoms with Crippen LogP contribution < -0.4 is 0 Å². The predicted octanol–water partition coefficient (Wildman–Crippen LogP) is 3.22. The van der Waals surface area contributed by atoms with E-state index in [4.69, 9.17) is 0 Å². The van der Waals surface area contributed by atoms with Crippen molar-refractivity contribution >= 4 is 5.91 Å². The highest BCUT2D eigenvalue weighted by Gasteiger charge is 2.56. The molecule has 0 aliphatic carbocycles. The van der Waals surface area contributed by atoms with Crippen LogP contribution in [0.4, 0.5) is 0 Å². The standard InChI is InChI=1S/C21H25N3O2/c1-3-21(13-25)11-16-9-10-18(21)24(16)20(26)17-12-22-14(2)23-19(17)15-7-5-4-6-8-15/h4-8,12,16,18,25H,3,9-11,13H2,1-2H3/t16-,18+,21-/m0/s1. The number of aliphatic hydroxyl groups is 1. The van der Waals surface area contributed by atoms with Crippen molar-refractivity contribution in [3.8, 4) is 11.3 Å². The quantitative estimate of drug-likeness (QED) is 0.918. The fourth-order valence-corrected chi connectivity index (χ4v) is 4.84. The van der Waals surface area contributed by atoms with Crippen molar-refractivity contribution in [2.24, 2.45) is 5.41 Å². The third-order valence-corrected chi connectivity index (χ3v) is 6.29. The Kier molecular flexibility index (Phi) is 4.27. The molecule has 26 heavy (non-hydrogen) atoms. The Bertz CT molecular complexity index is 817. The lowest BCUT2D eigenvalue weighted by Crippen LogP contribution is -2.42. The van der Waals surface area contributed by atoms with Crippen molar-refractivity contribution in [2.45, 2.75) is 51.6 Å². The zero-order chi connectivity index (χ0) is 18.3. The van der Waals surface area contributed by atoms with Crippen molar-refractivity contribution in [1.82, 2.24) is 14.9 Å². The Labute approximate surface area is 154 Å². The lowest BCUT2D eigenvalue weighted by molar-refractivity contribution is 0.0557. The largest absolute Gasteiger partial charge is 0.396 e. The number of aryl methyl sites for hydroxylation is 1. The fraction of sp³-hybridized carbons (Fsp3) is 0.476. The second kappa shape index (κ2) is 6.47. The molecule has 1 N–H and O–H groups in total. The van der Waals surface area contributed by atoms with E-state index in [1.54, 1.807) is 6.20 Å². The summed E-state index contributed by atoms with van der Waals surface area (Å²) in [6, 6.07) is 10.1. The number of hydrogen-bond donors (Lipinski definition) is 1. The number of benzene rings is 1. The molecular formula is C21H25N3O2. The van der Waals surface area contributed by atoms with Crippen molar-refractivity contribution in [3.63, 3.8) is 0 Å². The van der Waals surface area contributed by atoms with Gasteiger partial charge in [0.1, 0.15) is 5.82 Å². The minimum Gasteiger partial charge on any atom is -0.396 e. The van der Waals surface area contributed by atoms with E-state index in [1.165, 1.54) is 0 Å². The minimum atomic E-state index is -0.156. The fourth-order valence-electron chi connectivity index (χ4n) is 4.84. The summed E-state index contributed by atoms with van der Waals surface area (Å²) in [5, 5.41) is 10.0. The van der Waals surface area contributed by atoms with E-state index >= 15 is 0 Å². The zero-order valence-corrected chi connectivity index (χ0v) is 15.4. The van der Waals surface area contributed by atoms with E-state index in [9.17, 15) is 9.90 Å². The first-order chi connectivity index (χ1) is 12.6. The van der Waals surface area contributed by atoms with E-state index in [1.807, 2.05) is 42.2 Å². The smallest absolute Gasteiger partial charge is 0.258 e. The molecule has 3 atom stereocenters. The summed E-state index contributed by atoms with van der Waals surface area (Å²) in [4.78, 5) is 24.4. The molecule has 1 amide bonds. The highest BCUT2D eigenvalue weighted by Crippen LogP contribution is 2.52. The third-order valence-electron chi connectivity index (χ3n) is 6.29. The van der Waals surface area contributed by atoms with Gasteiger partial charge in [0.05, 0.1) is 17.9 Å². The van der Waals surface area contributed by atoms with Gasteiger partial charge >= 0.3 is 0 Å². The molecule has 0 spiro atoms. The third kappa shape index (κ3) is 2.53. The topological polar surface area (TPSA) is 66.3 Å². The molecular weight excluding hydrogens is 326 g/mol. The molecule has 2 fully saturated rings. The van der Waals surface area contributed by atoms with Gasteiger partial charge < -0.3 is 10.0 Å². The summed E-state index contributed by atoms with van der Waals surface area (Å²) in [6.07, 6.45) is 5.44. The zero-order valence-electron chi connectivity index (χ0n) is 15.4. The molecule has 1 aromatic carbocycles. The van der Waals surface area contributed by atoms with Gasteiger partial charge in [-0.3, -0.25) is 4.79 Å². The van der Waals surface area contributed by atoms with Crippen LogP contribution in [0, 0.1) is 12.3 Å². The summed E-state index contributed by atoms with van der Waals surface area (Å²) < 4.78 is 0. The van der Waals surface area contributed by atoms with Gasteiger partial charge in [-0.25, -0.2) is 9.97 Å². The number of carbonyl (C=O) groups excluding carboxylic acids is 1. The van der Waals surface area contributed by atoms with Crippen LogP contribution in [0.5, 0.6) is 0 Å². The van der Waals surface area contributed by atoms with Gasteiger partial charge in [0, 0.05) is 29.3 Å². The van der Waals surface area contributed by atoms with Crippen LogP contribution in [-0.4, -0.2) is 44.6 Å². The lowest BCUT2D eigenvalue weighted by atomic mass is 9.72. The molecule has 0 unspecified atom stereocenters. The number of fused-ring (bicyclic) bond motifs is 2. The van der Waals surface area contributed by atoms with Crippen molar-refractivity contribution < 1.29 is 9.90 Å². The van der Waals surface area contributed by atoms with E-state index in [-0.39, 0.29) is 30.0 Å². The van der Waals surface area contributed by atoms with E-state index < -0.39 is 0 Å². The molecule has 5 nitrogen and oxygen atoms in total. The molecule has 3 heterocycles. The molecule has 0 saturated carbocycles. The van der Waals surface area contributed by atoms with Crippen LogP contribution in [-0.2, 0) is 0 Å². The van der Waals surface area contributed by atoms with Crippen LogP contribution in [0.2, 0.25) is 0 Å². The molecule has 2 aromatic rings. The molecule has 136 valence electrons. The highest BCUT2D eigenvalue weighted by molar-refractivity contribution is 6.00. The Balaban J connectivity index is 1.74. The van der Waals surface area contributed by atoms with Crippen LogP contribution in [0.3, 0.4) is 0 Å². The number of hydrogen-bond acceptors (Lipinski definition) is 4. The van der Waals surface area contributed by atoms with Crippen molar-refractivity contribution in [1.29, 1.82) is 0 Å². The number of nitrogens with zero attached hydrogens (tertiary/aromatic N) is 3. The number of amides is 1. The second-order valence-corrected chi connectivity index (χ2v) is 7.58. The SMILES string of the molecule is CC[C@@]1(CO)C[C@@H]2CC[C@H]1N2C(=O)c1cnc(C)nc1-c1ccccc1. The van der Waals surface area contributed by atoms with E-state index in [0.29, 0.717) is 17.1 Å². The van der Waals surface area contributed by atoms with Gasteiger partial charge in [0.25, 0.3) is 5.91 Å². The summed E-state index contributed by atoms with van der Waals surface area (Å²) in [5.74, 6) is 0.656. The van der Waals surface area contributed by atoms with Crippen molar-refractivity contribution in [2.75, 3.05) is 6.61 Å². The van der Waals surface area contributed by atoms with Crippen LogP contribution in [0.1, 0.15) is 48.8 Å². The van der Waals surface area contributed by atoms with Gasteiger partial charge in [0.2, 0.25) is 0 Å². The first kappa shape index (κ1) is 17.2. The van der Waals surface area contributed by atoms with E-state index in [0.717, 1.165) is 31.2 Å². The summed E-state index contributed by atoms with van der Waals surface area (Å²) in [5.41, 5.74) is 2.03. The normalized spacial score (nSPS) is 27.1. The lowest BCUT2D eigenvalue weighted by Gasteiger charge is -2.34. The number of aromatic nitrogens is 2. The molecule has 5 heteroatoms. The maximum Gasteiger partial charge on any atom is 0.258 e. The Morgan fingerprint density at radius 1 is 1.31 bits per heavy atom. The second-order valence-electron chi connectivity index (χ2n) is 7.58. The molecule has 2 aliphatic heterocycles. The molecule has 0 radical (unpaired) electrons. The summed E-state index contributed by atoms with van der Waals surface area (Å²) in [7, 11) is 0. The Hall–Kier alpha value is -2.27. The number of aliphatic hydroxyl groups excluding tert-OH is 1. The molecule has 2 bridgehead atoms. The van der Waals surface area contributed by atoms with E-state index in [2.05, 4.69) is 16.9 Å². The first-order valence-corrected chi connectivity index (χ1v) is 9.42. The maximum absolute atomic E-state index is 13.5. The number of rotatable bonds is 4. The van der Waals surface area contributed by atoms with Gasteiger partial charge in [-0.2, -0.15) is 0 Å².